The predicted molar refractivity (Wildman–Crippen MR) is 51.3 cm³/mol. The molecular formula is C7H15BrClN. The second kappa shape index (κ2) is 6.44. The number of piperidine rings is 1. The van der Waals surface area contributed by atoms with Crippen LogP contribution >= 0.6 is 28.3 Å². The topological polar surface area (TPSA) is 12.0 Å². The Hall–Kier alpha value is 0.730. The molecule has 1 N–H and O–H groups in total. The Labute approximate surface area is 77.5 Å². The molecule has 0 aromatic heterocycles. The summed E-state index contributed by atoms with van der Waals surface area (Å²) in [5, 5.41) is 4.63. The standard InChI is InChI=1S/C7H14BrN.ClH/c8-5-4-7-3-1-2-6-9-7;/h7,9H,1-6H2;1H. The van der Waals surface area contributed by atoms with Gasteiger partial charge in [0.2, 0.25) is 0 Å². The highest BCUT2D eigenvalue weighted by molar-refractivity contribution is 9.09. The third-order valence-corrected chi connectivity index (χ3v) is 2.33. The molecule has 1 aliphatic heterocycles. The molecule has 0 radical (unpaired) electrons. The van der Waals surface area contributed by atoms with Crippen LogP contribution in [0.1, 0.15) is 25.7 Å². The van der Waals surface area contributed by atoms with E-state index in [-0.39, 0.29) is 12.4 Å². The Balaban J connectivity index is 0.000000810. The SMILES string of the molecule is BrCCC1CCCCN1.Cl. The van der Waals surface area contributed by atoms with E-state index in [4.69, 9.17) is 0 Å². The molecule has 0 aliphatic carbocycles. The summed E-state index contributed by atoms with van der Waals surface area (Å²) in [4.78, 5) is 0. The normalized spacial score (nSPS) is 25.5. The molecule has 1 saturated heterocycles. The zero-order valence-electron chi connectivity index (χ0n) is 6.11. The number of nitrogens with one attached hydrogen (secondary N) is 1. The van der Waals surface area contributed by atoms with E-state index in [1.807, 2.05) is 0 Å². The Kier molecular flexibility index (Phi) is 6.91. The molecule has 1 unspecified atom stereocenters. The smallest absolute Gasteiger partial charge is 0.00750 e. The maximum atomic E-state index is 3.49. The molecule has 0 aromatic carbocycles. The molecule has 0 aromatic rings. The molecular weight excluding hydrogens is 213 g/mol. The van der Waals surface area contributed by atoms with Crippen molar-refractivity contribution in [3.05, 3.63) is 0 Å². The molecule has 1 rings (SSSR count). The van der Waals surface area contributed by atoms with Crippen LogP contribution in [0.2, 0.25) is 0 Å². The lowest BCUT2D eigenvalue weighted by molar-refractivity contribution is 0.395. The van der Waals surface area contributed by atoms with E-state index in [0.717, 1.165) is 11.4 Å². The molecule has 10 heavy (non-hydrogen) atoms. The van der Waals surface area contributed by atoms with Crippen LogP contribution in [0.25, 0.3) is 0 Å². The van der Waals surface area contributed by atoms with Crippen molar-refractivity contribution in [1.29, 1.82) is 0 Å². The van der Waals surface area contributed by atoms with Crippen molar-refractivity contribution in [2.24, 2.45) is 0 Å². The molecule has 0 bridgehead atoms. The fourth-order valence-electron chi connectivity index (χ4n) is 1.30. The lowest BCUT2D eigenvalue weighted by atomic mass is 10.0. The zero-order valence-corrected chi connectivity index (χ0v) is 8.51. The van der Waals surface area contributed by atoms with Gasteiger partial charge in [-0.15, -0.1) is 12.4 Å². The van der Waals surface area contributed by atoms with Crippen molar-refractivity contribution in [3.8, 4) is 0 Å². The minimum absolute atomic E-state index is 0. The number of alkyl halides is 1. The van der Waals surface area contributed by atoms with E-state index in [0.29, 0.717) is 0 Å². The van der Waals surface area contributed by atoms with Crippen molar-refractivity contribution in [2.75, 3.05) is 11.9 Å². The predicted octanol–water partition coefficient (Wildman–Crippen LogP) is 2.34. The molecule has 62 valence electrons. The number of hydrogen-bond acceptors (Lipinski definition) is 1. The highest BCUT2D eigenvalue weighted by Crippen LogP contribution is 2.10. The third-order valence-electron chi connectivity index (χ3n) is 1.87. The van der Waals surface area contributed by atoms with E-state index in [9.17, 15) is 0 Å². The van der Waals surface area contributed by atoms with E-state index in [2.05, 4.69) is 21.2 Å². The van der Waals surface area contributed by atoms with Crippen molar-refractivity contribution >= 4 is 28.3 Å². The Morgan fingerprint density at radius 1 is 1.40 bits per heavy atom. The molecule has 0 saturated carbocycles. The summed E-state index contributed by atoms with van der Waals surface area (Å²) >= 11 is 3.44. The van der Waals surface area contributed by atoms with Crippen LogP contribution in [0.5, 0.6) is 0 Å². The van der Waals surface area contributed by atoms with Crippen molar-refractivity contribution in [1.82, 2.24) is 5.32 Å². The summed E-state index contributed by atoms with van der Waals surface area (Å²) in [5.41, 5.74) is 0. The summed E-state index contributed by atoms with van der Waals surface area (Å²) in [6.45, 7) is 1.23. The second-order valence-corrected chi connectivity index (χ2v) is 3.42. The first-order chi connectivity index (χ1) is 4.43. The Morgan fingerprint density at radius 2 is 2.20 bits per heavy atom. The van der Waals surface area contributed by atoms with Gasteiger partial charge in [0.15, 0.2) is 0 Å². The van der Waals surface area contributed by atoms with Gasteiger partial charge in [-0.1, -0.05) is 22.4 Å². The fourth-order valence-corrected chi connectivity index (χ4v) is 1.85. The summed E-state index contributed by atoms with van der Waals surface area (Å²) in [7, 11) is 0. The van der Waals surface area contributed by atoms with Crippen LogP contribution in [-0.4, -0.2) is 17.9 Å². The van der Waals surface area contributed by atoms with Gasteiger partial charge in [0.05, 0.1) is 0 Å². The van der Waals surface area contributed by atoms with Gasteiger partial charge >= 0.3 is 0 Å². The third kappa shape index (κ3) is 3.79. The van der Waals surface area contributed by atoms with Crippen molar-refractivity contribution < 1.29 is 0 Å². The van der Waals surface area contributed by atoms with E-state index < -0.39 is 0 Å². The largest absolute Gasteiger partial charge is 0.314 e. The quantitative estimate of drug-likeness (QED) is 0.716. The number of hydrogen-bond donors (Lipinski definition) is 1. The summed E-state index contributed by atoms with van der Waals surface area (Å²) in [6.07, 6.45) is 5.47. The summed E-state index contributed by atoms with van der Waals surface area (Å²) in [5.74, 6) is 0. The average molecular weight is 229 g/mol. The first kappa shape index (κ1) is 10.7. The van der Waals surface area contributed by atoms with Gasteiger partial charge in [-0.25, -0.2) is 0 Å². The first-order valence-electron chi connectivity index (χ1n) is 3.73. The monoisotopic (exact) mass is 227 g/mol. The average Bonchev–Trinajstić information content (AvgIpc) is 1.91. The lowest BCUT2D eigenvalue weighted by Gasteiger charge is -2.22. The summed E-state index contributed by atoms with van der Waals surface area (Å²) in [6, 6.07) is 0.804. The van der Waals surface area contributed by atoms with E-state index in [1.54, 1.807) is 0 Å². The van der Waals surface area contributed by atoms with E-state index >= 15 is 0 Å². The molecule has 0 amide bonds. The van der Waals surface area contributed by atoms with Crippen LogP contribution in [-0.2, 0) is 0 Å². The van der Waals surface area contributed by atoms with Gasteiger partial charge in [0.1, 0.15) is 0 Å². The fraction of sp³-hybridized carbons (Fsp3) is 1.00. The minimum atomic E-state index is 0. The molecule has 1 aliphatic rings. The van der Waals surface area contributed by atoms with Crippen LogP contribution in [0.3, 0.4) is 0 Å². The summed E-state index contributed by atoms with van der Waals surface area (Å²) < 4.78 is 0. The van der Waals surface area contributed by atoms with E-state index in [1.165, 1.54) is 32.2 Å². The van der Waals surface area contributed by atoms with Gasteiger partial charge in [-0.05, 0) is 25.8 Å². The Morgan fingerprint density at radius 3 is 2.70 bits per heavy atom. The van der Waals surface area contributed by atoms with Gasteiger partial charge < -0.3 is 5.32 Å². The minimum Gasteiger partial charge on any atom is -0.314 e. The molecule has 0 spiro atoms. The maximum Gasteiger partial charge on any atom is 0.00750 e. The number of halogens is 2. The molecule has 1 nitrogen and oxygen atoms in total. The molecule has 1 atom stereocenters. The van der Waals surface area contributed by atoms with Crippen LogP contribution in [0.15, 0.2) is 0 Å². The van der Waals surface area contributed by atoms with Gasteiger partial charge in [-0.3, -0.25) is 0 Å². The van der Waals surface area contributed by atoms with Crippen molar-refractivity contribution in [2.45, 2.75) is 31.7 Å². The van der Waals surface area contributed by atoms with Crippen LogP contribution in [0, 0.1) is 0 Å². The first-order valence-corrected chi connectivity index (χ1v) is 4.85. The lowest BCUT2D eigenvalue weighted by Crippen LogP contribution is -2.34. The van der Waals surface area contributed by atoms with Gasteiger partial charge in [0, 0.05) is 11.4 Å². The Bertz CT molecular complexity index is 71.3. The zero-order chi connectivity index (χ0) is 6.53. The number of rotatable bonds is 2. The highest BCUT2D eigenvalue weighted by atomic mass is 79.9. The van der Waals surface area contributed by atoms with Crippen LogP contribution < -0.4 is 5.32 Å². The molecule has 1 fully saturated rings. The van der Waals surface area contributed by atoms with Gasteiger partial charge in [-0.2, -0.15) is 0 Å². The second-order valence-electron chi connectivity index (χ2n) is 2.62. The highest BCUT2D eigenvalue weighted by Gasteiger charge is 2.10. The maximum absolute atomic E-state index is 3.49. The van der Waals surface area contributed by atoms with Crippen molar-refractivity contribution in [3.63, 3.8) is 0 Å². The molecule has 1 heterocycles. The van der Waals surface area contributed by atoms with Gasteiger partial charge in [0.25, 0.3) is 0 Å². The van der Waals surface area contributed by atoms with Crippen LogP contribution in [0.4, 0.5) is 0 Å². The molecule has 3 heteroatoms.